The highest BCUT2D eigenvalue weighted by Gasteiger charge is 2.02. The number of rotatable bonds is 3. The second kappa shape index (κ2) is 4.63. The van der Waals surface area contributed by atoms with Crippen LogP contribution in [0, 0.1) is 0 Å². The Morgan fingerprint density at radius 2 is 2.25 bits per heavy atom. The molecule has 0 fully saturated rings. The lowest BCUT2D eigenvalue weighted by atomic mass is 10.1. The van der Waals surface area contributed by atoms with Crippen LogP contribution in [0.25, 0.3) is 0 Å². The predicted molar refractivity (Wildman–Crippen MR) is 56.2 cm³/mol. The van der Waals surface area contributed by atoms with Gasteiger partial charge in [-0.3, -0.25) is 0 Å². The first-order chi connectivity index (χ1) is 5.74. The van der Waals surface area contributed by atoms with Gasteiger partial charge in [-0.05, 0) is 31.2 Å². The van der Waals surface area contributed by atoms with E-state index in [-0.39, 0.29) is 0 Å². The summed E-state index contributed by atoms with van der Waals surface area (Å²) in [6.07, 6.45) is 0. The SMILES string of the molecule is CCN[C@@H](C)c1cccc(Br)c1. The summed E-state index contributed by atoms with van der Waals surface area (Å²) in [6.45, 7) is 5.30. The molecule has 1 aromatic carbocycles. The van der Waals surface area contributed by atoms with Crippen molar-refractivity contribution in [3.63, 3.8) is 0 Å². The Morgan fingerprint density at radius 3 is 2.83 bits per heavy atom. The van der Waals surface area contributed by atoms with Gasteiger partial charge in [-0.2, -0.15) is 0 Å². The van der Waals surface area contributed by atoms with Gasteiger partial charge in [0, 0.05) is 10.5 Å². The molecule has 0 radical (unpaired) electrons. The summed E-state index contributed by atoms with van der Waals surface area (Å²) in [5, 5.41) is 3.37. The highest BCUT2D eigenvalue weighted by Crippen LogP contribution is 2.17. The third kappa shape index (κ3) is 2.61. The van der Waals surface area contributed by atoms with Crippen LogP contribution in [0.3, 0.4) is 0 Å². The molecule has 12 heavy (non-hydrogen) atoms. The summed E-state index contributed by atoms with van der Waals surface area (Å²) in [5.41, 5.74) is 1.33. The smallest absolute Gasteiger partial charge is 0.0292 e. The van der Waals surface area contributed by atoms with E-state index in [9.17, 15) is 0 Å². The van der Waals surface area contributed by atoms with E-state index in [1.54, 1.807) is 0 Å². The highest BCUT2D eigenvalue weighted by molar-refractivity contribution is 9.10. The molecule has 0 saturated carbocycles. The van der Waals surface area contributed by atoms with Crippen LogP contribution in [0.1, 0.15) is 25.5 Å². The fraction of sp³-hybridized carbons (Fsp3) is 0.400. The fourth-order valence-electron chi connectivity index (χ4n) is 1.20. The molecule has 0 aromatic heterocycles. The van der Waals surface area contributed by atoms with Crippen molar-refractivity contribution in [3.8, 4) is 0 Å². The van der Waals surface area contributed by atoms with Crippen LogP contribution in [-0.2, 0) is 0 Å². The Labute approximate surface area is 82.3 Å². The molecule has 1 nitrogen and oxygen atoms in total. The van der Waals surface area contributed by atoms with Crippen LogP contribution >= 0.6 is 15.9 Å². The van der Waals surface area contributed by atoms with E-state index >= 15 is 0 Å². The lowest BCUT2D eigenvalue weighted by molar-refractivity contribution is 0.598. The fourth-order valence-corrected chi connectivity index (χ4v) is 1.62. The Morgan fingerprint density at radius 1 is 1.50 bits per heavy atom. The second-order valence-corrected chi connectivity index (χ2v) is 3.75. The van der Waals surface area contributed by atoms with E-state index in [2.05, 4.69) is 53.3 Å². The molecule has 2 heteroatoms. The van der Waals surface area contributed by atoms with Gasteiger partial charge in [0.15, 0.2) is 0 Å². The van der Waals surface area contributed by atoms with E-state index in [0.29, 0.717) is 6.04 Å². The molecule has 1 N–H and O–H groups in total. The molecule has 1 aromatic rings. The zero-order chi connectivity index (χ0) is 8.97. The van der Waals surface area contributed by atoms with Gasteiger partial charge in [-0.15, -0.1) is 0 Å². The lowest BCUT2D eigenvalue weighted by Crippen LogP contribution is -2.17. The maximum absolute atomic E-state index is 3.45. The van der Waals surface area contributed by atoms with Crippen LogP contribution < -0.4 is 5.32 Å². The van der Waals surface area contributed by atoms with Crippen LogP contribution in [0.4, 0.5) is 0 Å². The molecule has 1 rings (SSSR count). The Hall–Kier alpha value is -0.340. The average molecular weight is 228 g/mol. The number of hydrogen-bond donors (Lipinski definition) is 1. The van der Waals surface area contributed by atoms with E-state index in [1.165, 1.54) is 5.56 Å². The molecule has 0 spiro atoms. The summed E-state index contributed by atoms with van der Waals surface area (Å²) in [5.74, 6) is 0. The number of benzene rings is 1. The first-order valence-electron chi connectivity index (χ1n) is 4.23. The molecular formula is C10H14BrN. The van der Waals surface area contributed by atoms with Gasteiger partial charge in [0.1, 0.15) is 0 Å². The van der Waals surface area contributed by atoms with Gasteiger partial charge in [0.25, 0.3) is 0 Å². The molecular weight excluding hydrogens is 214 g/mol. The zero-order valence-electron chi connectivity index (χ0n) is 7.47. The molecule has 0 amide bonds. The standard InChI is InChI=1S/C10H14BrN/c1-3-12-8(2)9-5-4-6-10(11)7-9/h4-8,12H,3H2,1-2H3/t8-/m0/s1. The summed E-state index contributed by atoms with van der Waals surface area (Å²) in [4.78, 5) is 0. The Bertz CT molecular complexity index is 247. The molecule has 0 saturated heterocycles. The van der Waals surface area contributed by atoms with Crippen molar-refractivity contribution >= 4 is 15.9 Å². The molecule has 66 valence electrons. The molecule has 0 aliphatic carbocycles. The monoisotopic (exact) mass is 227 g/mol. The zero-order valence-corrected chi connectivity index (χ0v) is 9.06. The molecule has 0 heterocycles. The summed E-state index contributed by atoms with van der Waals surface area (Å²) in [7, 11) is 0. The second-order valence-electron chi connectivity index (χ2n) is 2.83. The number of nitrogens with one attached hydrogen (secondary N) is 1. The van der Waals surface area contributed by atoms with E-state index in [4.69, 9.17) is 0 Å². The number of hydrogen-bond acceptors (Lipinski definition) is 1. The van der Waals surface area contributed by atoms with Crippen LogP contribution in [-0.4, -0.2) is 6.54 Å². The minimum absolute atomic E-state index is 0.437. The third-order valence-corrected chi connectivity index (χ3v) is 2.35. The van der Waals surface area contributed by atoms with Crippen LogP contribution in [0.5, 0.6) is 0 Å². The predicted octanol–water partition coefficient (Wildman–Crippen LogP) is 3.12. The van der Waals surface area contributed by atoms with Crippen molar-refractivity contribution in [2.45, 2.75) is 19.9 Å². The Kier molecular flexibility index (Phi) is 3.76. The van der Waals surface area contributed by atoms with Crippen molar-refractivity contribution in [3.05, 3.63) is 34.3 Å². The van der Waals surface area contributed by atoms with Gasteiger partial charge in [-0.25, -0.2) is 0 Å². The van der Waals surface area contributed by atoms with Gasteiger partial charge in [0.2, 0.25) is 0 Å². The third-order valence-electron chi connectivity index (χ3n) is 1.86. The lowest BCUT2D eigenvalue weighted by Gasteiger charge is -2.12. The van der Waals surface area contributed by atoms with E-state index in [1.807, 2.05) is 6.07 Å². The molecule has 1 atom stereocenters. The average Bonchev–Trinajstić information content (AvgIpc) is 2.05. The minimum atomic E-state index is 0.437. The first-order valence-corrected chi connectivity index (χ1v) is 5.02. The molecule has 0 unspecified atom stereocenters. The van der Waals surface area contributed by atoms with Gasteiger partial charge >= 0.3 is 0 Å². The summed E-state index contributed by atoms with van der Waals surface area (Å²) >= 11 is 3.45. The topological polar surface area (TPSA) is 12.0 Å². The summed E-state index contributed by atoms with van der Waals surface area (Å²) < 4.78 is 1.14. The van der Waals surface area contributed by atoms with E-state index in [0.717, 1.165) is 11.0 Å². The summed E-state index contributed by atoms with van der Waals surface area (Å²) in [6, 6.07) is 8.83. The largest absolute Gasteiger partial charge is 0.310 e. The Balaban J connectivity index is 2.73. The minimum Gasteiger partial charge on any atom is -0.310 e. The highest BCUT2D eigenvalue weighted by atomic mass is 79.9. The maximum Gasteiger partial charge on any atom is 0.0292 e. The van der Waals surface area contributed by atoms with Gasteiger partial charge < -0.3 is 5.32 Å². The van der Waals surface area contributed by atoms with Gasteiger partial charge in [0.05, 0.1) is 0 Å². The molecule has 0 aliphatic rings. The van der Waals surface area contributed by atoms with Crippen molar-refractivity contribution in [2.75, 3.05) is 6.54 Å². The first kappa shape index (κ1) is 9.75. The van der Waals surface area contributed by atoms with Crippen LogP contribution in [0.2, 0.25) is 0 Å². The normalized spacial score (nSPS) is 12.9. The quantitative estimate of drug-likeness (QED) is 0.838. The number of halogens is 1. The molecule has 0 aliphatic heterocycles. The van der Waals surface area contributed by atoms with E-state index < -0.39 is 0 Å². The van der Waals surface area contributed by atoms with Crippen molar-refractivity contribution in [2.24, 2.45) is 0 Å². The maximum atomic E-state index is 3.45. The van der Waals surface area contributed by atoms with Crippen molar-refractivity contribution in [1.82, 2.24) is 5.32 Å². The van der Waals surface area contributed by atoms with Crippen molar-refractivity contribution in [1.29, 1.82) is 0 Å². The van der Waals surface area contributed by atoms with Crippen LogP contribution in [0.15, 0.2) is 28.7 Å². The van der Waals surface area contributed by atoms with Crippen molar-refractivity contribution < 1.29 is 0 Å². The molecule has 0 bridgehead atoms. The van der Waals surface area contributed by atoms with Gasteiger partial charge in [-0.1, -0.05) is 35.0 Å².